The van der Waals surface area contributed by atoms with Crippen LogP contribution in [0.3, 0.4) is 0 Å². The van der Waals surface area contributed by atoms with Gasteiger partial charge in [0.05, 0.1) is 5.02 Å². The number of halogens is 2. The molecule has 19 heavy (non-hydrogen) atoms. The molecule has 0 bridgehead atoms. The zero-order valence-corrected chi connectivity index (χ0v) is 12.6. The van der Waals surface area contributed by atoms with Crippen molar-refractivity contribution in [1.29, 1.82) is 0 Å². The molecule has 0 aliphatic rings. The van der Waals surface area contributed by atoms with E-state index in [0.717, 1.165) is 5.69 Å². The third-order valence-corrected chi connectivity index (χ3v) is 3.94. The maximum Gasteiger partial charge on any atom is 0.258 e. The van der Waals surface area contributed by atoms with Crippen LogP contribution in [0.5, 0.6) is 0 Å². The van der Waals surface area contributed by atoms with Gasteiger partial charge in [0.15, 0.2) is 0 Å². The molecule has 0 aliphatic carbocycles. The maximum atomic E-state index is 12.3. The third-order valence-electron chi connectivity index (χ3n) is 2.73. The zero-order valence-electron chi connectivity index (χ0n) is 10.2. The minimum Gasteiger partial charge on any atom is -0.399 e. The van der Waals surface area contributed by atoms with E-state index in [0.29, 0.717) is 20.7 Å². The number of benzene rings is 2. The Bertz CT molecular complexity index is 631. The van der Waals surface area contributed by atoms with Gasteiger partial charge in [-0.2, -0.15) is 0 Å². The predicted octanol–water partition coefficient (Wildman–Crippen LogP) is 3.96. The van der Waals surface area contributed by atoms with Gasteiger partial charge < -0.3 is 10.6 Å². The van der Waals surface area contributed by atoms with Crippen molar-refractivity contribution >= 4 is 44.8 Å². The molecule has 2 aromatic carbocycles. The van der Waals surface area contributed by atoms with Crippen molar-refractivity contribution in [3.8, 4) is 0 Å². The second kappa shape index (κ2) is 5.63. The highest BCUT2D eigenvalue weighted by Gasteiger charge is 2.14. The standard InChI is InChI=1S/C14H12BrClN2O/c1-18(11-4-2-3-10(17)8-11)14(19)9-5-6-13(16)12(15)7-9/h2-8H,17H2,1H3. The van der Waals surface area contributed by atoms with Gasteiger partial charge in [0, 0.05) is 28.5 Å². The Kier molecular flexibility index (Phi) is 4.12. The number of nitrogen functional groups attached to an aromatic ring is 1. The van der Waals surface area contributed by atoms with Crippen molar-refractivity contribution < 1.29 is 4.79 Å². The lowest BCUT2D eigenvalue weighted by Gasteiger charge is -2.18. The summed E-state index contributed by atoms with van der Waals surface area (Å²) in [4.78, 5) is 13.9. The molecule has 0 heterocycles. The normalized spacial score (nSPS) is 10.3. The van der Waals surface area contributed by atoms with Gasteiger partial charge in [0.25, 0.3) is 5.91 Å². The topological polar surface area (TPSA) is 46.3 Å². The van der Waals surface area contributed by atoms with E-state index in [9.17, 15) is 4.79 Å². The fourth-order valence-electron chi connectivity index (χ4n) is 1.67. The maximum absolute atomic E-state index is 12.3. The van der Waals surface area contributed by atoms with E-state index in [2.05, 4.69) is 15.9 Å². The third kappa shape index (κ3) is 3.08. The van der Waals surface area contributed by atoms with E-state index in [1.54, 1.807) is 42.3 Å². The smallest absolute Gasteiger partial charge is 0.258 e. The second-order valence-corrected chi connectivity index (χ2v) is 5.35. The van der Waals surface area contributed by atoms with Crippen LogP contribution in [0.2, 0.25) is 5.02 Å². The number of hydrogen-bond acceptors (Lipinski definition) is 2. The first-order valence-corrected chi connectivity index (χ1v) is 6.75. The Balaban J connectivity index is 2.30. The Labute approximate surface area is 125 Å². The highest BCUT2D eigenvalue weighted by Crippen LogP contribution is 2.25. The Morgan fingerprint density at radius 2 is 2.00 bits per heavy atom. The van der Waals surface area contributed by atoms with Gasteiger partial charge in [0.1, 0.15) is 0 Å². The van der Waals surface area contributed by atoms with Crippen LogP contribution in [0.4, 0.5) is 11.4 Å². The van der Waals surface area contributed by atoms with Crippen molar-refractivity contribution in [1.82, 2.24) is 0 Å². The molecule has 0 saturated carbocycles. The van der Waals surface area contributed by atoms with Crippen LogP contribution in [0, 0.1) is 0 Å². The molecule has 3 nitrogen and oxygen atoms in total. The molecule has 0 saturated heterocycles. The summed E-state index contributed by atoms with van der Waals surface area (Å²) in [5.41, 5.74) is 7.64. The summed E-state index contributed by atoms with van der Waals surface area (Å²) in [5, 5.41) is 0.572. The lowest BCUT2D eigenvalue weighted by Crippen LogP contribution is -2.26. The molecular weight excluding hydrogens is 328 g/mol. The lowest BCUT2D eigenvalue weighted by molar-refractivity contribution is 0.0993. The van der Waals surface area contributed by atoms with Crippen LogP contribution in [-0.4, -0.2) is 13.0 Å². The minimum atomic E-state index is -0.122. The fourth-order valence-corrected chi connectivity index (χ4v) is 2.17. The number of hydrogen-bond donors (Lipinski definition) is 1. The summed E-state index contributed by atoms with van der Waals surface area (Å²) in [6.45, 7) is 0. The number of anilines is 2. The van der Waals surface area contributed by atoms with E-state index in [1.807, 2.05) is 12.1 Å². The second-order valence-electron chi connectivity index (χ2n) is 4.09. The van der Waals surface area contributed by atoms with E-state index in [1.165, 1.54) is 0 Å². The van der Waals surface area contributed by atoms with Gasteiger partial charge in [-0.3, -0.25) is 4.79 Å². The van der Waals surface area contributed by atoms with Gasteiger partial charge in [-0.25, -0.2) is 0 Å². The SMILES string of the molecule is CN(C(=O)c1ccc(Cl)c(Br)c1)c1cccc(N)c1. The minimum absolute atomic E-state index is 0.122. The van der Waals surface area contributed by atoms with Crippen LogP contribution < -0.4 is 10.6 Å². The number of rotatable bonds is 2. The van der Waals surface area contributed by atoms with Crippen LogP contribution in [0.15, 0.2) is 46.9 Å². The highest BCUT2D eigenvalue weighted by molar-refractivity contribution is 9.10. The van der Waals surface area contributed by atoms with E-state index >= 15 is 0 Å². The van der Waals surface area contributed by atoms with Crippen LogP contribution in [0.1, 0.15) is 10.4 Å². The van der Waals surface area contributed by atoms with E-state index in [4.69, 9.17) is 17.3 Å². The summed E-state index contributed by atoms with van der Waals surface area (Å²) in [7, 11) is 1.71. The largest absolute Gasteiger partial charge is 0.399 e. The van der Waals surface area contributed by atoms with Crippen molar-refractivity contribution in [2.45, 2.75) is 0 Å². The van der Waals surface area contributed by atoms with Crippen LogP contribution >= 0.6 is 27.5 Å². The predicted molar refractivity (Wildman–Crippen MR) is 82.7 cm³/mol. The molecule has 2 rings (SSSR count). The summed E-state index contributed by atoms with van der Waals surface area (Å²) in [6.07, 6.45) is 0. The van der Waals surface area contributed by atoms with Crippen molar-refractivity contribution in [2.75, 3.05) is 17.7 Å². The average molecular weight is 340 g/mol. The molecule has 0 radical (unpaired) electrons. The summed E-state index contributed by atoms with van der Waals surface area (Å²) in [5.74, 6) is -0.122. The molecular formula is C14H12BrClN2O. The zero-order chi connectivity index (χ0) is 14.0. The highest BCUT2D eigenvalue weighted by atomic mass is 79.9. The van der Waals surface area contributed by atoms with Gasteiger partial charge in [-0.15, -0.1) is 0 Å². The first-order valence-electron chi connectivity index (χ1n) is 5.57. The van der Waals surface area contributed by atoms with Crippen molar-refractivity contribution in [3.63, 3.8) is 0 Å². The summed E-state index contributed by atoms with van der Waals surface area (Å²) < 4.78 is 0.695. The Morgan fingerprint density at radius 1 is 1.26 bits per heavy atom. The molecule has 5 heteroatoms. The molecule has 0 aliphatic heterocycles. The Hall–Kier alpha value is -1.52. The average Bonchev–Trinajstić information content (AvgIpc) is 2.40. The van der Waals surface area contributed by atoms with Crippen LogP contribution in [0.25, 0.3) is 0 Å². The number of nitrogens with zero attached hydrogens (tertiary/aromatic N) is 1. The molecule has 0 fully saturated rings. The molecule has 2 N–H and O–H groups in total. The van der Waals surface area contributed by atoms with E-state index in [-0.39, 0.29) is 5.91 Å². The molecule has 0 unspecified atom stereocenters. The molecule has 1 amide bonds. The van der Waals surface area contributed by atoms with Gasteiger partial charge in [0.2, 0.25) is 0 Å². The quantitative estimate of drug-likeness (QED) is 0.842. The number of amides is 1. The van der Waals surface area contributed by atoms with Crippen molar-refractivity contribution in [2.24, 2.45) is 0 Å². The summed E-state index contributed by atoms with van der Waals surface area (Å²) >= 11 is 9.22. The van der Waals surface area contributed by atoms with Crippen molar-refractivity contribution in [3.05, 3.63) is 57.5 Å². The number of carbonyl (C=O) groups excluding carboxylic acids is 1. The van der Waals surface area contributed by atoms with E-state index < -0.39 is 0 Å². The van der Waals surface area contributed by atoms with Gasteiger partial charge >= 0.3 is 0 Å². The molecule has 0 spiro atoms. The monoisotopic (exact) mass is 338 g/mol. The molecule has 0 atom stereocenters. The summed E-state index contributed by atoms with van der Waals surface area (Å²) in [6, 6.07) is 12.3. The molecule has 98 valence electrons. The number of nitrogens with two attached hydrogens (primary N) is 1. The van der Waals surface area contributed by atoms with Crippen LogP contribution in [-0.2, 0) is 0 Å². The first-order chi connectivity index (χ1) is 8.99. The number of carbonyl (C=O) groups is 1. The fraction of sp³-hybridized carbons (Fsp3) is 0.0714. The van der Waals surface area contributed by atoms with Gasteiger partial charge in [-0.1, -0.05) is 17.7 Å². The first kappa shape index (κ1) is 13.9. The lowest BCUT2D eigenvalue weighted by atomic mass is 10.2. The molecule has 0 aromatic heterocycles. The Morgan fingerprint density at radius 3 is 2.63 bits per heavy atom. The molecule has 2 aromatic rings. The van der Waals surface area contributed by atoms with Gasteiger partial charge in [-0.05, 0) is 52.3 Å².